The van der Waals surface area contributed by atoms with Crippen LogP contribution in [0.5, 0.6) is 0 Å². The molecule has 0 saturated heterocycles. The zero-order valence-corrected chi connectivity index (χ0v) is 32.8. The summed E-state index contributed by atoms with van der Waals surface area (Å²) in [5.41, 5.74) is 10.3. The molecule has 0 nitrogen and oxygen atoms in total. The monoisotopic (exact) mass is 700 g/mol. The van der Waals surface area contributed by atoms with Crippen LogP contribution in [0.25, 0.3) is 0 Å². The van der Waals surface area contributed by atoms with Crippen molar-refractivity contribution in [3.8, 4) is 0 Å². The van der Waals surface area contributed by atoms with Crippen LogP contribution in [0.2, 0.25) is 0 Å². The minimum Gasteiger partial charge on any atom is -1.00 e. The molecule has 0 fully saturated rings. The van der Waals surface area contributed by atoms with Gasteiger partial charge in [0.1, 0.15) is 0 Å². The Bertz CT molecular complexity index is 1190. The molecule has 0 aromatic heterocycles. The van der Waals surface area contributed by atoms with Crippen molar-refractivity contribution in [2.45, 2.75) is 113 Å². The maximum Gasteiger partial charge on any atom is 4.00 e. The van der Waals surface area contributed by atoms with Crippen molar-refractivity contribution in [3.05, 3.63) is 111 Å². The van der Waals surface area contributed by atoms with Crippen LogP contribution in [-0.4, -0.2) is 8.07 Å². The molecule has 1 aliphatic carbocycles. The molecular weight excluding hydrogens is 651 g/mol. The molecule has 0 N–H and O–H groups in total. The van der Waals surface area contributed by atoms with Gasteiger partial charge in [0.2, 0.25) is 0 Å². The molecule has 0 amide bonds. The number of hydrogen-bond donors (Lipinski definition) is 0. The summed E-state index contributed by atoms with van der Waals surface area (Å²) in [6.45, 7) is 16.2. The van der Waals surface area contributed by atoms with Gasteiger partial charge in [-0.1, -0.05) is 144 Å². The summed E-state index contributed by atoms with van der Waals surface area (Å²) < 4.78 is 0. The molecule has 0 radical (unpaired) electrons. The van der Waals surface area contributed by atoms with E-state index in [2.05, 4.69) is 115 Å². The molecule has 0 aliphatic heterocycles. The van der Waals surface area contributed by atoms with Gasteiger partial charge >= 0.3 is 21.7 Å². The topological polar surface area (TPSA) is 0 Å². The summed E-state index contributed by atoms with van der Waals surface area (Å²) in [4.78, 5) is 0. The van der Waals surface area contributed by atoms with E-state index in [9.17, 15) is 0 Å². The number of aryl methyl sites for hydroxylation is 6. The Morgan fingerprint density at radius 2 is 0.841 bits per heavy atom. The molecule has 0 heterocycles. The average Bonchev–Trinajstić information content (AvgIpc) is 3.48. The molecule has 3 aromatic rings. The van der Waals surface area contributed by atoms with E-state index in [0.717, 1.165) is 51.4 Å². The van der Waals surface area contributed by atoms with E-state index < -0.39 is 8.07 Å². The second kappa shape index (κ2) is 20.2. The SMILES string of the molecule is CCCCC1=C([Si](c2cc(CC)cc(CC)c2)(c2cc(CC)cc(CC)c2)c2cc(CC)cc(CC)c2)CC=[C-]1.[Cl-].[Cl-].[Cl-].[Ti+4]. The second-order valence-electron chi connectivity index (χ2n) is 11.6. The molecule has 44 heavy (non-hydrogen) atoms. The molecule has 4 rings (SSSR count). The summed E-state index contributed by atoms with van der Waals surface area (Å²) in [5, 5.41) is 6.42. The summed E-state index contributed by atoms with van der Waals surface area (Å²) >= 11 is 0. The molecule has 0 spiro atoms. The van der Waals surface area contributed by atoms with Crippen molar-refractivity contribution in [3.63, 3.8) is 0 Å². The second-order valence-corrected chi connectivity index (χ2v) is 15.4. The van der Waals surface area contributed by atoms with Gasteiger partial charge in [0.25, 0.3) is 0 Å². The largest absolute Gasteiger partial charge is 4.00 e. The van der Waals surface area contributed by atoms with E-state index in [-0.39, 0.29) is 58.9 Å². The molecule has 1 aliphatic rings. The van der Waals surface area contributed by atoms with Crippen LogP contribution in [-0.2, 0) is 60.2 Å². The molecule has 3 aromatic carbocycles. The standard InChI is InChI=1S/C39H51Si.3ClH.Ti/c1-8-15-17-35-18-16-19-39(35)40(36-23-29(9-2)20-30(10-3)24-36,37-25-31(11-4)21-32(12-5)26-37)38-27-33(13-6)22-34(14-7)28-38;;;;/h16,20-28H,8-15,17,19H2,1-7H3;3*1H;/q-1;;;;+4/p-3. The van der Waals surface area contributed by atoms with Crippen LogP contribution < -0.4 is 52.8 Å². The van der Waals surface area contributed by atoms with Crippen LogP contribution in [0.3, 0.4) is 0 Å². The third-order valence-corrected chi connectivity index (χ3v) is 14.0. The van der Waals surface area contributed by atoms with E-state index >= 15 is 0 Å². The van der Waals surface area contributed by atoms with E-state index in [1.807, 2.05) is 0 Å². The van der Waals surface area contributed by atoms with Crippen molar-refractivity contribution in [1.82, 2.24) is 0 Å². The molecule has 0 saturated carbocycles. The van der Waals surface area contributed by atoms with E-state index in [1.165, 1.54) is 51.8 Å². The zero-order valence-electron chi connectivity index (χ0n) is 28.0. The van der Waals surface area contributed by atoms with E-state index in [0.29, 0.717) is 0 Å². The predicted octanol–water partition coefficient (Wildman–Crippen LogP) is -0.670. The molecular formula is C39H51Cl3SiTi. The summed E-state index contributed by atoms with van der Waals surface area (Å²) in [6.07, 6.45) is 17.2. The number of benzene rings is 3. The van der Waals surface area contributed by atoms with Gasteiger partial charge in [-0.15, -0.1) is 0 Å². The Morgan fingerprint density at radius 3 is 1.11 bits per heavy atom. The van der Waals surface area contributed by atoms with Crippen LogP contribution in [0.15, 0.2) is 71.4 Å². The van der Waals surface area contributed by atoms with Crippen LogP contribution >= 0.6 is 0 Å². The van der Waals surface area contributed by atoms with Crippen molar-refractivity contribution in [2.75, 3.05) is 0 Å². The van der Waals surface area contributed by atoms with Gasteiger partial charge in [0.05, 0.1) is 8.07 Å². The Balaban J connectivity index is 0.00000462. The van der Waals surface area contributed by atoms with Gasteiger partial charge in [-0.2, -0.15) is 6.08 Å². The Labute approximate surface area is 304 Å². The maximum atomic E-state index is 3.82. The number of hydrogen-bond acceptors (Lipinski definition) is 0. The summed E-state index contributed by atoms with van der Waals surface area (Å²) in [7, 11) is -2.60. The van der Waals surface area contributed by atoms with Crippen molar-refractivity contribution in [1.29, 1.82) is 0 Å². The first-order chi connectivity index (χ1) is 19.5. The smallest absolute Gasteiger partial charge is 1.00 e. The van der Waals surface area contributed by atoms with Crippen molar-refractivity contribution in [2.24, 2.45) is 0 Å². The predicted molar refractivity (Wildman–Crippen MR) is 179 cm³/mol. The maximum absolute atomic E-state index is 3.82. The molecule has 0 atom stereocenters. The third-order valence-electron chi connectivity index (χ3n) is 9.09. The fourth-order valence-corrected chi connectivity index (χ4v) is 12.1. The first-order valence-corrected chi connectivity index (χ1v) is 18.2. The first-order valence-electron chi connectivity index (χ1n) is 16.2. The Morgan fingerprint density at radius 1 is 0.523 bits per heavy atom. The summed E-state index contributed by atoms with van der Waals surface area (Å²) in [6, 6.07) is 23.0. The molecule has 236 valence electrons. The number of unbranched alkanes of at least 4 members (excludes halogenated alkanes) is 1. The minimum absolute atomic E-state index is 0. The van der Waals surface area contributed by atoms with Crippen molar-refractivity contribution < 1.29 is 58.9 Å². The van der Waals surface area contributed by atoms with Crippen molar-refractivity contribution >= 4 is 23.6 Å². The fraction of sp³-hybridized carbons (Fsp3) is 0.436. The molecule has 5 heteroatoms. The third kappa shape index (κ3) is 9.05. The van der Waals surface area contributed by atoms with Gasteiger partial charge in [-0.25, -0.2) is 10.8 Å². The van der Waals surface area contributed by atoms with Crippen LogP contribution in [0.1, 0.15) is 108 Å². The summed E-state index contributed by atoms with van der Waals surface area (Å²) in [5.74, 6) is 0. The van der Waals surface area contributed by atoms with Gasteiger partial charge in [-0.05, 0) is 71.9 Å². The van der Waals surface area contributed by atoms with Gasteiger partial charge < -0.3 is 37.2 Å². The van der Waals surface area contributed by atoms with E-state index in [4.69, 9.17) is 0 Å². The van der Waals surface area contributed by atoms with Gasteiger partial charge in [-0.3, -0.25) is 6.08 Å². The fourth-order valence-electron chi connectivity index (χ4n) is 6.63. The van der Waals surface area contributed by atoms with Gasteiger partial charge in [0.15, 0.2) is 0 Å². The minimum atomic E-state index is -2.60. The number of rotatable bonds is 13. The zero-order chi connectivity index (χ0) is 28.7. The Hall–Kier alpha value is -1.06. The number of allylic oxidation sites excluding steroid dienone is 4. The van der Waals surface area contributed by atoms with E-state index in [1.54, 1.807) is 20.8 Å². The molecule has 0 unspecified atom stereocenters. The quantitative estimate of drug-likeness (QED) is 0.126. The molecule has 0 bridgehead atoms. The van der Waals surface area contributed by atoms with Crippen LogP contribution in [0.4, 0.5) is 0 Å². The van der Waals surface area contributed by atoms with Crippen LogP contribution in [0, 0.1) is 6.08 Å². The number of halogens is 3. The Kier molecular flexibility index (Phi) is 19.7. The first kappa shape index (κ1) is 42.9. The average molecular weight is 702 g/mol. The normalized spacial score (nSPS) is 12.2. The van der Waals surface area contributed by atoms with Gasteiger partial charge in [0, 0.05) is 0 Å².